The smallest absolute Gasteiger partial charge is 0.306 e. The number of carbonyl (C=O) groups excluding carboxylic acids is 3. The summed E-state index contributed by atoms with van der Waals surface area (Å²) in [7, 11) is 0. The van der Waals surface area contributed by atoms with Crippen molar-refractivity contribution >= 4 is 17.9 Å². The van der Waals surface area contributed by atoms with E-state index in [2.05, 4.69) is 106 Å². The van der Waals surface area contributed by atoms with Gasteiger partial charge < -0.3 is 14.2 Å². The quantitative estimate of drug-likeness (QED) is 0.0261. The van der Waals surface area contributed by atoms with Crippen LogP contribution < -0.4 is 0 Å². The molecule has 0 saturated heterocycles. The predicted octanol–water partition coefficient (Wildman–Crippen LogP) is 20.7. The van der Waals surface area contributed by atoms with E-state index >= 15 is 0 Å². The average molecular weight is 1000 g/mol. The highest BCUT2D eigenvalue weighted by Crippen LogP contribution is 2.16. The van der Waals surface area contributed by atoms with Crippen molar-refractivity contribution < 1.29 is 28.6 Å². The Morgan fingerprint density at radius 2 is 0.542 bits per heavy atom. The second-order valence-electron chi connectivity index (χ2n) is 20.2. The minimum Gasteiger partial charge on any atom is -0.462 e. The molecule has 0 aliphatic heterocycles. The molecule has 0 rings (SSSR count). The molecule has 0 aromatic rings. The molecule has 72 heavy (non-hydrogen) atoms. The summed E-state index contributed by atoms with van der Waals surface area (Å²) in [5, 5.41) is 0. The summed E-state index contributed by atoms with van der Waals surface area (Å²) in [6.07, 6.45) is 79.0. The summed E-state index contributed by atoms with van der Waals surface area (Å²) in [6, 6.07) is 0. The third-order valence-corrected chi connectivity index (χ3v) is 13.2. The van der Waals surface area contributed by atoms with Gasteiger partial charge in [0.05, 0.1) is 0 Å². The number of ether oxygens (including phenoxy) is 3. The van der Waals surface area contributed by atoms with Gasteiger partial charge >= 0.3 is 17.9 Å². The molecule has 0 spiro atoms. The van der Waals surface area contributed by atoms with Gasteiger partial charge in [-0.1, -0.05) is 286 Å². The van der Waals surface area contributed by atoms with Crippen molar-refractivity contribution in [3.05, 3.63) is 85.1 Å². The first-order chi connectivity index (χ1) is 35.5. The van der Waals surface area contributed by atoms with Crippen LogP contribution in [0.5, 0.6) is 0 Å². The number of rotatable bonds is 55. The average Bonchev–Trinajstić information content (AvgIpc) is 3.38. The van der Waals surface area contributed by atoms with E-state index in [4.69, 9.17) is 14.2 Å². The van der Waals surface area contributed by atoms with Gasteiger partial charge in [0.1, 0.15) is 13.2 Å². The largest absolute Gasteiger partial charge is 0.462 e. The van der Waals surface area contributed by atoms with E-state index in [0.29, 0.717) is 19.3 Å². The maximum absolute atomic E-state index is 12.8. The van der Waals surface area contributed by atoms with E-state index in [1.165, 1.54) is 154 Å². The Morgan fingerprint density at radius 1 is 0.292 bits per heavy atom. The summed E-state index contributed by atoms with van der Waals surface area (Å²) in [6.45, 7) is 6.51. The number of esters is 3. The third-order valence-electron chi connectivity index (χ3n) is 13.2. The molecule has 0 radical (unpaired) electrons. The lowest BCUT2D eigenvalue weighted by Crippen LogP contribution is -2.30. The number of hydrogen-bond donors (Lipinski definition) is 0. The monoisotopic (exact) mass is 1000 g/mol. The molecule has 6 heteroatoms. The summed E-state index contributed by atoms with van der Waals surface area (Å²) >= 11 is 0. The minimum atomic E-state index is -0.769. The normalized spacial score (nSPS) is 12.7. The molecule has 0 fully saturated rings. The summed E-state index contributed by atoms with van der Waals surface area (Å²) < 4.78 is 16.8. The molecule has 6 nitrogen and oxygen atoms in total. The van der Waals surface area contributed by atoms with Gasteiger partial charge in [0.25, 0.3) is 0 Å². The van der Waals surface area contributed by atoms with Crippen molar-refractivity contribution in [1.29, 1.82) is 0 Å². The Labute approximate surface area is 445 Å². The van der Waals surface area contributed by atoms with Crippen LogP contribution in [0, 0.1) is 0 Å². The van der Waals surface area contributed by atoms with Gasteiger partial charge in [-0.05, 0) is 77.0 Å². The van der Waals surface area contributed by atoms with Crippen LogP contribution in [0.25, 0.3) is 0 Å². The summed E-state index contributed by atoms with van der Waals surface area (Å²) in [5.41, 5.74) is 0. The second-order valence-corrected chi connectivity index (χ2v) is 20.2. The highest BCUT2D eigenvalue weighted by molar-refractivity contribution is 5.71. The van der Waals surface area contributed by atoms with Crippen LogP contribution in [-0.4, -0.2) is 37.2 Å². The number of allylic oxidation sites excluding steroid dienone is 14. The van der Waals surface area contributed by atoms with Crippen LogP contribution in [0.3, 0.4) is 0 Å². The van der Waals surface area contributed by atoms with Crippen molar-refractivity contribution in [3.63, 3.8) is 0 Å². The minimum absolute atomic E-state index is 0.0710. The molecule has 0 saturated carbocycles. The van der Waals surface area contributed by atoms with Crippen LogP contribution in [0.15, 0.2) is 85.1 Å². The standard InChI is InChI=1S/C66H114O6/c1-4-7-10-13-16-19-21-22-23-24-25-26-27-28-29-30-31-32-33-34-35-36-37-38-39-40-41-42-43-44-45-48-50-53-56-59-65(68)71-62-63(61-70-64(67)58-55-52-49-46-18-15-12-9-6-3)72-66(69)60-57-54-51-47-20-17-14-11-8-5-2/h7,10,16,19,22-23,25-26,28-29,31-32,34-35,63H,4-6,8-9,11-15,17-18,20-21,24,27,30,33,36-62H2,1-3H3/b10-7-,19-16-,23-22-,26-25-,29-28-,32-31-,35-34-. The summed E-state index contributed by atoms with van der Waals surface area (Å²) in [5.74, 6) is -0.868. The van der Waals surface area contributed by atoms with Gasteiger partial charge in [-0.3, -0.25) is 14.4 Å². The lowest BCUT2D eigenvalue weighted by atomic mass is 10.0. The number of carbonyl (C=O) groups is 3. The Bertz CT molecular complexity index is 1380. The molecule has 0 bridgehead atoms. The van der Waals surface area contributed by atoms with E-state index in [1.54, 1.807) is 0 Å². The van der Waals surface area contributed by atoms with E-state index in [0.717, 1.165) is 103 Å². The van der Waals surface area contributed by atoms with Gasteiger partial charge in [-0.15, -0.1) is 0 Å². The molecular formula is C66H114O6. The number of hydrogen-bond acceptors (Lipinski definition) is 6. The highest BCUT2D eigenvalue weighted by atomic mass is 16.6. The molecular weight excluding hydrogens is 889 g/mol. The first kappa shape index (κ1) is 68.6. The van der Waals surface area contributed by atoms with Crippen LogP contribution in [0.2, 0.25) is 0 Å². The van der Waals surface area contributed by atoms with Crippen LogP contribution >= 0.6 is 0 Å². The third kappa shape index (κ3) is 57.5. The molecule has 0 aliphatic carbocycles. The molecule has 0 aliphatic rings. The molecule has 0 amide bonds. The molecule has 0 N–H and O–H groups in total. The van der Waals surface area contributed by atoms with Gasteiger partial charge in [-0.25, -0.2) is 0 Å². The van der Waals surface area contributed by atoms with Crippen LogP contribution in [0.4, 0.5) is 0 Å². The maximum atomic E-state index is 12.8. The van der Waals surface area contributed by atoms with Gasteiger partial charge in [0.15, 0.2) is 6.10 Å². The predicted molar refractivity (Wildman–Crippen MR) is 311 cm³/mol. The SMILES string of the molecule is CC/C=C\C/C=C\C/C=C\C/C=C\C/C=C\C/C=C\C/C=C\CCCCCCCCCCCCCCCC(=O)OCC(COC(=O)CCCCCCCCCCC)OC(=O)CCCCCCCCCCCC. The summed E-state index contributed by atoms with van der Waals surface area (Å²) in [4.78, 5) is 37.9. The van der Waals surface area contributed by atoms with Crippen molar-refractivity contribution in [2.45, 2.75) is 303 Å². The van der Waals surface area contributed by atoms with Gasteiger partial charge in [0.2, 0.25) is 0 Å². The van der Waals surface area contributed by atoms with Crippen molar-refractivity contribution in [2.75, 3.05) is 13.2 Å². The fourth-order valence-electron chi connectivity index (χ4n) is 8.60. The maximum Gasteiger partial charge on any atom is 0.306 e. The number of unbranched alkanes of at least 4 members (excludes halogenated alkanes) is 30. The zero-order chi connectivity index (χ0) is 52.2. The first-order valence-corrected chi connectivity index (χ1v) is 30.6. The Balaban J connectivity index is 4.01. The Hall–Kier alpha value is -3.41. The lowest BCUT2D eigenvalue weighted by molar-refractivity contribution is -0.167. The second kappa shape index (κ2) is 60.1. The Kier molecular flexibility index (Phi) is 57.3. The topological polar surface area (TPSA) is 78.9 Å². The van der Waals surface area contributed by atoms with E-state index in [1.807, 2.05) is 0 Å². The van der Waals surface area contributed by atoms with Crippen LogP contribution in [-0.2, 0) is 28.6 Å². The molecule has 0 heterocycles. The fourth-order valence-corrected chi connectivity index (χ4v) is 8.60. The zero-order valence-corrected chi connectivity index (χ0v) is 47.4. The molecule has 414 valence electrons. The lowest BCUT2D eigenvalue weighted by Gasteiger charge is -2.18. The van der Waals surface area contributed by atoms with Gasteiger partial charge in [-0.2, -0.15) is 0 Å². The van der Waals surface area contributed by atoms with E-state index < -0.39 is 6.10 Å². The highest BCUT2D eigenvalue weighted by Gasteiger charge is 2.19. The molecule has 0 aromatic carbocycles. The molecule has 1 unspecified atom stereocenters. The molecule has 0 aromatic heterocycles. The fraction of sp³-hybridized carbons (Fsp3) is 0.742. The van der Waals surface area contributed by atoms with Gasteiger partial charge in [0, 0.05) is 19.3 Å². The van der Waals surface area contributed by atoms with Crippen molar-refractivity contribution in [1.82, 2.24) is 0 Å². The zero-order valence-electron chi connectivity index (χ0n) is 47.4. The van der Waals surface area contributed by atoms with E-state index in [-0.39, 0.29) is 31.1 Å². The van der Waals surface area contributed by atoms with Crippen LogP contribution in [0.1, 0.15) is 297 Å². The Morgan fingerprint density at radius 3 is 0.847 bits per heavy atom. The first-order valence-electron chi connectivity index (χ1n) is 30.6. The van der Waals surface area contributed by atoms with Crippen molar-refractivity contribution in [3.8, 4) is 0 Å². The molecule has 1 atom stereocenters. The van der Waals surface area contributed by atoms with E-state index in [9.17, 15) is 14.4 Å². The van der Waals surface area contributed by atoms with Crippen molar-refractivity contribution in [2.24, 2.45) is 0 Å².